The van der Waals surface area contributed by atoms with Crippen molar-refractivity contribution in [3.8, 4) is 11.8 Å². The molecule has 1 aliphatic heterocycles. The van der Waals surface area contributed by atoms with E-state index in [9.17, 15) is 23.2 Å². The second-order valence-electron chi connectivity index (χ2n) is 8.44. The fourth-order valence-electron chi connectivity index (χ4n) is 4.07. The molecule has 1 atom stereocenters. The summed E-state index contributed by atoms with van der Waals surface area (Å²) < 4.78 is 48.6. The van der Waals surface area contributed by atoms with Crippen LogP contribution in [-0.4, -0.2) is 70.8 Å². The zero-order valence-corrected chi connectivity index (χ0v) is 21.3. The second kappa shape index (κ2) is 12.0. The molecular weight excluding hydrogens is 548 g/mol. The quantitative estimate of drug-likeness (QED) is 0.222. The SMILES string of the molecule is N#CC[C@H]1CN(c2nc(Cl)nc3c(OCC(F)(F)F)c(Cl)ncc23)CCN1CC(=O)OCc1ccccc1. The number of nitrogens with zero attached hydrogens (tertiary/aromatic N) is 6. The number of rotatable bonds is 8. The van der Waals surface area contributed by atoms with Gasteiger partial charge in [0.1, 0.15) is 17.9 Å². The van der Waals surface area contributed by atoms with Crippen molar-refractivity contribution in [3.05, 3.63) is 52.5 Å². The lowest BCUT2D eigenvalue weighted by Crippen LogP contribution is -2.54. The molecule has 200 valence electrons. The van der Waals surface area contributed by atoms with Crippen molar-refractivity contribution in [1.29, 1.82) is 5.26 Å². The molecule has 3 aromatic rings. The Hall–Kier alpha value is -3.40. The van der Waals surface area contributed by atoms with Gasteiger partial charge in [-0.05, 0) is 17.2 Å². The first kappa shape index (κ1) is 27.6. The number of esters is 1. The summed E-state index contributed by atoms with van der Waals surface area (Å²) in [4.78, 5) is 28.4. The molecule has 14 heteroatoms. The van der Waals surface area contributed by atoms with Gasteiger partial charge in [0.15, 0.2) is 17.5 Å². The molecule has 38 heavy (non-hydrogen) atoms. The van der Waals surface area contributed by atoms with Gasteiger partial charge in [0.25, 0.3) is 0 Å². The van der Waals surface area contributed by atoms with Gasteiger partial charge in [0.05, 0.1) is 24.4 Å². The standard InChI is InChI=1S/C24H21Cl2F3N6O3/c25-21-20(38-14-24(27,28)29)19-17(10-31-21)22(33-23(26)32-19)35-9-8-34(16(11-35)6-7-30)12-18(36)37-13-15-4-2-1-3-5-15/h1-5,10,16H,6,8-9,11-14H2/t16-/m0/s1. The number of piperazine rings is 1. The Labute approximate surface area is 225 Å². The number of nitriles is 1. The van der Waals surface area contributed by atoms with Gasteiger partial charge in [0.2, 0.25) is 5.28 Å². The summed E-state index contributed by atoms with van der Waals surface area (Å²) in [6.07, 6.45) is -3.16. The third-order valence-corrected chi connectivity index (χ3v) is 6.23. The van der Waals surface area contributed by atoms with E-state index in [0.29, 0.717) is 18.9 Å². The number of aromatic nitrogens is 3. The van der Waals surface area contributed by atoms with Gasteiger partial charge in [-0.3, -0.25) is 9.69 Å². The molecule has 0 radical (unpaired) electrons. The lowest BCUT2D eigenvalue weighted by Gasteiger charge is -2.40. The average molecular weight is 569 g/mol. The lowest BCUT2D eigenvalue weighted by molar-refractivity contribution is -0.153. The second-order valence-corrected chi connectivity index (χ2v) is 9.14. The van der Waals surface area contributed by atoms with E-state index in [-0.39, 0.29) is 59.2 Å². The molecule has 0 N–H and O–H groups in total. The number of hydrogen-bond acceptors (Lipinski definition) is 9. The summed E-state index contributed by atoms with van der Waals surface area (Å²) in [5.74, 6) is -0.484. The molecule has 0 saturated carbocycles. The van der Waals surface area contributed by atoms with Crippen LogP contribution in [0.4, 0.5) is 19.0 Å². The van der Waals surface area contributed by atoms with E-state index in [1.54, 1.807) is 0 Å². The molecule has 0 aliphatic carbocycles. The van der Waals surface area contributed by atoms with Crippen LogP contribution in [0.15, 0.2) is 36.5 Å². The number of ether oxygens (including phenoxy) is 2. The van der Waals surface area contributed by atoms with E-state index in [2.05, 4.69) is 21.0 Å². The predicted octanol–water partition coefficient (Wildman–Crippen LogP) is 4.42. The maximum absolute atomic E-state index is 12.8. The van der Waals surface area contributed by atoms with Crippen LogP contribution < -0.4 is 9.64 Å². The van der Waals surface area contributed by atoms with Crippen molar-refractivity contribution >= 4 is 45.9 Å². The smallest absolute Gasteiger partial charge is 0.422 e. The summed E-state index contributed by atoms with van der Waals surface area (Å²) in [5.41, 5.74) is 0.840. The topological polar surface area (TPSA) is 104 Å². The van der Waals surface area contributed by atoms with Crippen LogP contribution in [0.1, 0.15) is 12.0 Å². The van der Waals surface area contributed by atoms with Crippen LogP contribution in [0, 0.1) is 11.3 Å². The molecule has 0 unspecified atom stereocenters. The number of benzene rings is 1. The van der Waals surface area contributed by atoms with Crippen molar-refractivity contribution in [3.63, 3.8) is 0 Å². The highest BCUT2D eigenvalue weighted by Gasteiger charge is 2.32. The first-order valence-electron chi connectivity index (χ1n) is 11.4. The van der Waals surface area contributed by atoms with E-state index in [0.717, 1.165) is 5.56 Å². The van der Waals surface area contributed by atoms with Crippen molar-refractivity contribution in [2.75, 3.05) is 37.7 Å². The molecule has 1 fully saturated rings. The molecule has 0 amide bonds. The molecule has 1 aromatic carbocycles. The van der Waals surface area contributed by atoms with Crippen LogP contribution >= 0.6 is 23.2 Å². The number of carbonyl (C=O) groups is 1. The zero-order valence-electron chi connectivity index (χ0n) is 19.8. The van der Waals surface area contributed by atoms with E-state index < -0.39 is 18.8 Å². The van der Waals surface area contributed by atoms with E-state index >= 15 is 0 Å². The van der Waals surface area contributed by atoms with E-state index in [1.807, 2.05) is 40.1 Å². The Bertz CT molecular complexity index is 1340. The first-order valence-corrected chi connectivity index (χ1v) is 12.2. The summed E-state index contributed by atoms with van der Waals surface area (Å²) in [6, 6.07) is 11.0. The van der Waals surface area contributed by atoms with Gasteiger partial charge in [-0.25, -0.2) is 9.97 Å². The highest BCUT2D eigenvalue weighted by Crippen LogP contribution is 2.36. The van der Waals surface area contributed by atoms with Gasteiger partial charge < -0.3 is 14.4 Å². The number of alkyl halides is 3. The van der Waals surface area contributed by atoms with Crippen molar-refractivity contribution < 1.29 is 27.4 Å². The fraction of sp³-hybridized carbons (Fsp3) is 0.375. The average Bonchev–Trinajstić information content (AvgIpc) is 2.87. The molecule has 0 spiro atoms. The number of fused-ring (bicyclic) bond motifs is 1. The van der Waals surface area contributed by atoms with Crippen LogP contribution in [0.25, 0.3) is 10.9 Å². The third-order valence-electron chi connectivity index (χ3n) is 5.79. The van der Waals surface area contributed by atoms with Crippen LogP contribution in [0.2, 0.25) is 10.4 Å². The Kier molecular flexibility index (Phi) is 8.71. The fourth-order valence-corrected chi connectivity index (χ4v) is 4.42. The number of hydrogen-bond donors (Lipinski definition) is 0. The molecule has 3 heterocycles. The Morgan fingerprint density at radius 3 is 2.66 bits per heavy atom. The summed E-state index contributed by atoms with van der Waals surface area (Å²) >= 11 is 12.1. The molecule has 0 bridgehead atoms. The highest BCUT2D eigenvalue weighted by atomic mass is 35.5. The monoisotopic (exact) mass is 568 g/mol. The van der Waals surface area contributed by atoms with Crippen LogP contribution in [-0.2, 0) is 16.1 Å². The van der Waals surface area contributed by atoms with Crippen molar-refractivity contribution in [2.45, 2.75) is 25.2 Å². The number of carbonyl (C=O) groups excluding carboxylic acids is 1. The number of pyridine rings is 1. The minimum absolute atomic E-state index is 0.00904. The normalized spacial score (nSPS) is 16.3. The third kappa shape index (κ3) is 6.92. The summed E-state index contributed by atoms with van der Waals surface area (Å²) in [7, 11) is 0. The van der Waals surface area contributed by atoms with Gasteiger partial charge in [-0.15, -0.1) is 0 Å². The van der Waals surface area contributed by atoms with Crippen molar-refractivity contribution in [2.24, 2.45) is 0 Å². The number of halogens is 5. The highest BCUT2D eigenvalue weighted by molar-refractivity contribution is 6.32. The first-order chi connectivity index (χ1) is 18.1. The number of anilines is 1. The maximum Gasteiger partial charge on any atom is 0.422 e. The molecule has 1 aliphatic rings. The Balaban J connectivity index is 1.52. The molecule has 4 rings (SSSR count). The minimum Gasteiger partial charge on any atom is -0.479 e. The minimum atomic E-state index is -4.60. The maximum atomic E-state index is 12.8. The summed E-state index contributed by atoms with van der Waals surface area (Å²) in [5, 5.41) is 9.15. The zero-order chi connectivity index (χ0) is 27.3. The predicted molar refractivity (Wildman–Crippen MR) is 133 cm³/mol. The largest absolute Gasteiger partial charge is 0.479 e. The van der Waals surface area contributed by atoms with Crippen LogP contribution in [0.5, 0.6) is 5.75 Å². The molecular formula is C24H21Cl2F3N6O3. The summed E-state index contributed by atoms with van der Waals surface area (Å²) in [6.45, 7) is -0.420. The van der Waals surface area contributed by atoms with Gasteiger partial charge in [0, 0.05) is 31.9 Å². The van der Waals surface area contributed by atoms with Gasteiger partial charge in [-0.1, -0.05) is 41.9 Å². The molecule has 1 saturated heterocycles. The molecule has 9 nitrogen and oxygen atoms in total. The Morgan fingerprint density at radius 2 is 1.95 bits per heavy atom. The molecule has 2 aromatic heterocycles. The van der Waals surface area contributed by atoms with Gasteiger partial charge in [-0.2, -0.15) is 23.4 Å². The van der Waals surface area contributed by atoms with E-state index in [1.165, 1.54) is 6.20 Å². The lowest BCUT2D eigenvalue weighted by atomic mass is 10.1. The van der Waals surface area contributed by atoms with Gasteiger partial charge >= 0.3 is 12.1 Å². The Morgan fingerprint density at radius 1 is 1.18 bits per heavy atom. The van der Waals surface area contributed by atoms with Crippen molar-refractivity contribution in [1.82, 2.24) is 19.9 Å². The van der Waals surface area contributed by atoms with Crippen LogP contribution in [0.3, 0.4) is 0 Å². The van der Waals surface area contributed by atoms with E-state index in [4.69, 9.17) is 32.7 Å².